The lowest BCUT2D eigenvalue weighted by Crippen LogP contribution is -2.50. The lowest BCUT2D eigenvalue weighted by molar-refractivity contribution is -0.127. The van der Waals surface area contributed by atoms with Gasteiger partial charge in [0.2, 0.25) is 5.91 Å². The molecule has 0 aliphatic carbocycles. The molecule has 3 rings (SSSR count). The standard InChI is InChI=1S/C21H25FN4O3/c1-4-29-21(28)25-13-11-24(12-14-25)20(27)10-9-19-15(2)23-26(16(19)3)18-7-5-17(22)6-8-18/h5-10H,4,11-14H2,1-3H3/b10-9+. The Hall–Kier alpha value is -3.16. The number of halogens is 1. The highest BCUT2D eigenvalue weighted by molar-refractivity contribution is 5.92. The number of piperazine rings is 1. The minimum Gasteiger partial charge on any atom is -0.450 e. The van der Waals surface area contributed by atoms with Gasteiger partial charge < -0.3 is 14.5 Å². The Morgan fingerprint density at radius 2 is 1.72 bits per heavy atom. The third kappa shape index (κ3) is 4.64. The van der Waals surface area contributed by atoms with E-state index >= 15 is 0 Å². The summed E-state index contributed by atoms with van der Waals surface area (Å²) in [4.78, 5) is 27.6. The monoisotopic (exact) mass is 400 g/mol. The van der Waals surface area contributed by atoms with E-state index in [-0.39, 0.29) is 17.8 Å². The largest absolute Gasteiger partial charge is 0.450 e. The van der Waals surface area contributed by atoms with E-state index in [1.54, 1.807) is 39.6 Å². The molecule has 0 radical (unpaired) electrons. The van der Waals surface area contributed by atoms with E-state index in [4.69, 9.17) is 4.74 Å². The molecule has 0 bridgehead atoms. The maximum Gasteiger partial charge on any atom is 0.409 e. The van der Waals surface area contributed by atoms with Crippen LogP contribution in [0.15, 0.2) is 30.3 Å². The summed E-state index contributed by atoms with van der Waals surface area (Å²) in [5.74, 6) is -0.411. The summed E-state index contributed by atoms with van der Waals surface area (Å²) in [6, 6.07) is 6.11. The normalized spacial score (nSPS) is 14.5. The van der Waals surface area contributed by atoms with Gasteiger partial charge in [0.05, 0.1) is 18.0 Å². The Labute approximate surface area is 169 Å². The van der Waals surface area contributed by atoms with Gasteiger partial charge in [0.25, 0.3) is 0 Å². The van der Waals surface area contributed by atoms with E-state index in [0.29, 0.717) is 32.8 Å². The van der Waals surface area contributed by atoms with Crippen molar-refractivity contribution in [1.82, 2.24) is 19.6 Å². The number of hydrogen-bond acceptors (Lipinski definition) is 4. The molecule has 0 unspecified atom stereocenters. The molecule has 1 saturated heterocycles. The number of amides is 2. The molecule has 7 nitrogen and oxygen atoms in total. The smallest absolute Gasteiger partial charge is 0.409 e. The molecule has 0 atom stereocenters. The molecular weight excluding hydrogens is 375 g/mol. The summed E-state index contributed by atoms with van der Waals surface area (Å²) in [6.07, 6.45) is 2.96. The van der Waals surface area contributed by atoms with Gasteiger partial charge in [0.1, 0.15) is 5.82 Å². The van der Waals surface area contributed by atoms with E-state index in [2.05, 4.69) is 5.10 Å². The summed E-state index contributed by atoms with van der Waals surface area (Å²) in [7, 11) is 0. The molecule has 2 amide bonds. The van der Waals surface area contributed by atoms with Gasteiger partial charge in [-0.15, -0.1) is 0 Å². The van der Waals surface area contributed by atoms with Gasteiger partial charge in [0, 0.05) is 43.5 Å². The van der Waals surface area contributed by atoms with Crippen LogP contribution in [-0.4, -0.2) is 64.4 Å². The Morgan fingerprint density at radius 3 is 2.34 bits per heavy atom. The van der Waals surface area contributed by atoms with Crippen molar-refractivity contribution in [2.45, 2.75) is 20.8 Å². The van der Waals surface area contributed by atoms with Crippen LogP contribution >= 0.6 is 0 Å². The molecule has 8 heteroatoms. The van der Waals surface area contributed by atoms with Crippen LogP contribution in [0.25, 0.3) is 11.8 Å². The van der Waals surface area contributed by atoms with Gasteiger partial charge in [0.15, 0.2) is 0 Å². The number of hydrogen-bond donors (Lipinski definition) is 0. The summed E-state index contributed by atoms with van der Waals surface area (Å²) in [6.45, 7) is 7.73. The second-order valence-corrected chi connectivity index (χ2v) is 6.82. The maximum absolute atomic E-state index is 13.2. The van der Waals surface area contributed by atoms with Crippen molar-refractivity contribution in [3.63, 3.8) is 0 Å². The predicted molar refractivity (Wildman–Crippen MR) is 107 cm³/mol. The SMILES string of the molecule is CCOC(=O)N1CCN(C(=O)/C=C/c2c(C)nn(-c3ccc(F)cc3)c2C)CC1. The van der Waals surface area contributed by atoms with Gasteiger partial charge >= 0.3 is 6.09 Å². The molecule has 2 heterocycles. The minimum absolute atomic E-state index is 0.109. The van der Waals surface area contributed by atoms with E-state index in [1.807, 2.05) is 13.8 Å². The molecule has 0 saturated carbocycles. The molecule has 0 spiro atoms. The van der Waals surface area contributed by atoms with Gasteiger partial charge in [-0.05, 0) is 51.1 Å². The van der Waals surface area contributed by atoms with Crippen LogP contribution in [0.5, 0.6) is 0 Å². The Kier molecular flexibility index (Phi) is 6.31. The van der Waals surface area contributed by atoms with Gasteiger partial charge in [-0.25, -0.2) is 13.9 Å². The van der Waals surface area contributed by atoms with Crippen molar-refractivity contribution in [1.29, 1.82) is 0 Å². The van der Waals surface area contributed by atoms with Gasteiger partial charge in [-0.1, -0.05) is 0 Å². The van der Waals surface area contributed by atoms with Crippen molar-refractivity contribution in [2.75, 3.05) is 32.8 Å². The highest BCUT2D eigenvalue weighted by Gasteiger charge is 2.23. The molecule has 1 aromatic heterocycles. The molecule has 1 aromatic carbocycles. The highest BCUT2D eigenvalue weighted by Crippen LogP contribution is 2.20. The van der Waals surface area contributed by atoms with Crippen molar-refractivity contribution >= 4 is 18.1 Å². The van der Waals surface area contributed by atoms with Crippen molar-refractivity contribution in [2.24, 2.45) is 0 Å². The highest BCUT2D eigenvalue weighted by atomic mass is 19.1. The van der Waals surface area contributed by atoms with Crippen molar-refractivity contribution in [3.05, 3.63) is 53.1 Å². The third-order valence-corrected chi connectivity index (χ3v) is 4.93. The zero-order valence-electron chi connectivity index (χ0n) is 16.9. The summed E-state index contributed by atoms with van der Waals surface area (Å²) in [5, 5.41) is 4.51. The average molecular weight is 400 g/mol. The van der Waals surface area contributed by atoms with E-state index < -0.39 is 0 Å². The molecule has 29 heavy (non-hydrogen) atoms. The van der Waals surface area contributed by atoms with Crippen LogP contribution in [0.2, 0.25) is 0 Å². The minimum atomic E-state index is -0.338. The zero-order valence-corrected chi connectivity index (χ0v) is 16.9. The molecule has 1 aliphatic rings. The first kappa shape index (κ1) is 20.6. The van der Waals surface area contributed by atoms with Crippen molar-refractivity contribution < 1.29 is 18.7 Å². The van der Waals surface area contributed by atoms with Crippen LogP contribution in [0, 0.1) is 19.7 Å². The molecule has 0 N–H and O–H groups in total. The first-order chi connectivity index (χ1) is 13.9. The number of carbonyl (C=O) groups is 2. The Balaban J connectivity index is 1.67. The lowest BCUT2D eigenvalue weighted by atomic mass is 10.1. The molecule has 2 aromatic rings. The summed E-state index contributed by atoms with van der Waals surface area (Å²) >= 11 is 0. The van der Waals surface area contributed by atoms with Gasteiger partial charge in [-0.3, -0.25) is 4.79 Å². The van der Waals surface area contributed by atoms with Crippen LogP contribution in [0.1, 0.15) is 23.9 Å². The molecule has 1 aliphatic heterocycles. The number of aryl methyl sites for hydroxylation is 1. The number of carbonyl (C=O) groups excluding carboxylic acids is 2. The van der Waals surface area contributed by atoms with E-state index in [1.165, 1.54) is 18.2 Å². The van der Waals surface area contributed by atoms with E-state index in [0.717, 1.165) is 22.6 Å². The molecule has 1 fully saturated rings. The fraction of sp³-hybridized carbons (Fsp3) is 0.381. The first-order valence-corrected chi connectivity index (χ1v) is 9.61. The average Bonchev–Trinajstić information content (AvgIpc) is 3.00. The van der Waals surface area contributed by atoms with Crippen LogP contribution < -0.4 is 0 Å². The fourth-order valence-corrected chi connectivity index (χ4v) is 3.31. The third-order valence-electron chi connectivity index (χ3n) is 4.93. The van der Waals surface area contributed by atoms with Gasteiger partial charge in [-0.2, -0.15) is 5.10 Å². The lowest BCUT2D eigenvalue weighted by Gasteiger charge is -2.33. The van der Waals surface area contributed by atoms with Crippen molar-refractivity contribution in [3.8, 4) is 5.69 Å². The quantitative estimate of drug-likeness (QED) is 0.740. The predicted octanol–water partition coefficient (Wildman–Crippen LogP) is 2.94. The van der Waals surface area contributed by atoms with E-state index in [9.17, 15) is 14.0 Å². The van der Waals surface area contributed by atoms with Crippen LogP contribution in [-0.2, 0) is 9.53 Å². The number of nitrogens with zero attached hydrogens (tertiary/aromatic N) is 4. The fourth-order valence-electron chi connectivity index (χ4n) is 3.31. The Morgan fingerprint density at radius 1 is 1.10 bits per heavy atom. The number of benzene rings is 1. The topological polar surface area (TPSA) is 67.7 Å². The van der Waals surface area contributed by atoms with Crippen LogP contribution in [0.3, 0.4) is 0 Å². The summed E-state index contributed by atoms with van der Waals surface area (Å²) in [5.41, 5.74) is 3.26. The maximum atomic E-state index is 13.2. The second-order valence-electron chi connectivity index (χ2n) is 6.82. The Bertz CT molecular complexity index is 913. The zero-order chi connectivity index (χ0) is 21.0. The number of rotatable bonds is 4. The first-order valence-electron chi connectivity index (χ1n) is 9.61. The number of ether oxygens (including phenoxy) is 1. The second kappa shape index (κ2) is 8.89. The van der Waals surface area contributed by atoms with Crippen LogP contribution in [0.4, 0.5) is 9.18 Å². The summed E-state index contributed by atoms with van der Waals surface area (Å²) < 4.78 is 19.9. The molecular formula is C21H25FN4O3. The number of aromatic nitrogens is 2. The molecule has 154 valence electrons.